The Bertz CT molecular complexity index is 817. The van der Waals surface area contributed by atoms with Crippen LogP contribution < -0.4 is 4.72 Å². The van der Waals surface area contributed by atoms with Crippen LogP contribution in [0.4, 0.5) is 5.69 Å². The first-order valence-electron chi connectivity index (χ1n) is 5.21. The van der Waals surface area contributed by atoms with Crippen LogP contribution in [-0.2, 0) is 10.0 Å². The summed E-state index contributed by atoms with van der Waals surface area (Å²) in [5.74, 6) is -1.32. The summed E-state index contributed by atoms with van der Waals surface area (Å²) in [6.45, 7) is 0. The van der Waals surface area contributed by atoms with Crippen molar-refractivity contribution in [3.63, 3.8) is 0 Å². The lowest BCUT2D eigenvalue weighted by Gasteiger charge is -2.10. The number of carbonyl (C=O) groups is 1. The topological polar surface area (TPSA) is 83.5 Å². The smallest absolute Gasteiger partial charge is 0.337 e. The van der Waals surface area contributed by atoms with E-state index in [1.807, 2.05) is 0 Å². The van der Waals surface area contributed by atoms with Crippen LogP contribution in [0.3, 0.4) is 0 Å². The van der Waals surface area contributed by atoms with Crippen molar-refractivity contribution in [3.05, 3.63) is 43.5 Å². The number of hydrogen-bond donors (Lipinski definition) is 2. The van der Waals surface area contributed by atoms with Gasteiger partial charge in [-0.2, -0.15) is 0 Å². The molecule has 5 nitrogen and oxygen atoms in total. The van der Waals surface area contributed by atoms with Crippen LogP contribution in [0.25, 0.3) is 0 Å². The van der Waals surface area contributed by atoms with Gasteiger partial charge in [-0.15, -0.1) is 11.3 Å². The minimum Gasteiger partial charge on any atom is -0.478 e. The number of nitrogens with one attached hydrogen (secondary N) is 1. The Labute approximate surface area is 139 Å². The van der Waals surface area contributed by atoms with E-state index in [0.717, 1.165) is 17.4 Å². The Morgan fingerprint density at radius 3 is 2.38 bits per heavy atom. The van der Waals surface area contributed by atoms with Crippen molar-refractivity contribution < 1.29 is 18.3 Å². The van der Waals surface area contributed by atoms with Gasteiger partial charge in [0.2, 0.25) is 0 Å². The Morgan fingerprint density at radius 1 is 1.19 bits per heavy atom. The molecule has 0 saturated carbocycles. The first-order valence-corrected chi connectivity index (χ1v) is 8.64. The second-order valence-corrected chi connectivity index (χ2v) is 8.16. The maximum Gasteiger partial charge on any atom is 0.337 e. The molecule has 21 heavy (non-hydrogen) atoms. The van der Waals surface area contributed by atoms with E-state index in [0.29, 0.717) is 0 Å². The van der Waals surface area contributed by atoms with E-state index in [9.17, 15) is 13.2 Å². The Morgan fingerprint density at radius 2 is 1.86 bits per heavy atom. The minimum absolute atomic E-state index is 0.0154. The standard InChI is InChI=1S/C11H6Cl3NO4S2/c12-5-1-2-7(6(3-5)11(16)17)15-21(18,19)8-4-9(13)20-10(8)14/h1-4,15H,(H,16,17). The fraction of sp³-hybridized carbons (Fsp3) is 0. The van der Waals surface area contributed by atoms with Gasteiger partial charge in [-0.1, -0.05) is 34.8 Å². The van der Waals surface area contributed by atoms with E-state index in [1.165, 1.54) is 18.2 Å². The van der Waals surface area contributed by atoms with Crippen LogP contribution in [-0.4, -0.2) is 19.5 Å². The fourth-order valence-corrected chi connectivity index (χ4v) is 4.89. The molecule has 10 heteroatoms. The maximum atomic E-state index is 12.2. The number of anilines is 1. The first kappa shape index (κ1) is 16.4. The third-order valence-electron chi connectivity index (χ3n) is 2.37. The van der Waals surface area contributed by atoms with Crippen molar-refractivity contribution in [2.45, 2.75) is 4.90 Å². The molecule has 0 amide bonds. The van der Waals surface area contributed by atoms with Crippen LogP contribution >= 0.6 is 46.1 Å². The quantitative estimate of drug-likeness (QED) is 0.824. The highest BCUT2D eigenvalue weighted by atomic mass is 35.5. The van der Waals surface area contributed by atoms with Crippen LogP contribution in [0.15, 0.2) is 29.2 Å². The summed E-state index contributed by atoms with van der Waals surface area (Å²) >= 11 is 18.1. The molecule has 1 aromatic carbocycles. The Kier molecular flexibility index (Phi) is 4.69. The molecule has 0 radical (unpaired) electrons. The lowest BCUT2D eigenvalue weighted by molar-refractivity contribution is 0.0698. The molecule has 2 N–H and O–H groups in total. The highest BCUT2D eigenvalue weighted by Gasteiger charge is 2.23. The number of aromatic carboxylic acids is 1. The Balaban J connectivity index is 2.47. The van der Waals surface area contributed by atoms with E-state index in [4.69, 9.17) is 39.9 Å². The predicted octanol–water partition coefficient (Wildman–Crippen LogP) is 4.21. The molecule has 2 aromatic rings. The van der Waals surface area contributed by atoms with Crippen molar-refractivity contribution in [1.29, 1.82) is 0 Å². The van der Waals surface area contributed by atoms with Crippen LogP contribution in [0.2, 0.25) is 13.7 Å². The normalized spacial score (nSPS) is 11.4. The minimum atomic E-state index is -4.05. The molecule has 1 heterocycles. The van der Waals surface area contributed by atoms with Gasteiger partial charge < -0.3 is 5.11 Å². The van der Waals surface area contributed by atoms with Gasteiger partial charge in [0.1, 0.15) is 9.23 Å². The average Bonchev–Trinajstić information content (AvgIpc) is 2.71. The van der Waals surface area contributed by atoms with E-state index in [-0.39, 0.29) is 29.8 Å². The number of rotatable bonds is 4. The van der Waals surface area contributed by atoms with Crippen molar-refractivity contribution in [2.24, 2.45) is 0 Å². The lowest BCUT2D eigenvalue weighted by atomic mass is 10.2. The van der Waals surface area contributed by atoms with Gasteiger partial charge in [0.25, 0.3) is 10.0 Å². The van der Waals surface area contributed by atoms with Gasteiger partial charge in [0.05, 0.1) is 15.6 Å². The molecular formula is C11H6Cl3NO4S2. The SMILES string of the molecule is O=C(O)c1cc(Cl)ccc1NS(=O)(=O)c1cc(Cl)sc1Cl. The molecule has 2 rings (SSSR count). The molecule has 0 bridgehead atoms. The molecular weight excluding hydrogens is 381 g/mol. The molecule has 0 aliphatic rings. The molecule has 0 spiro atoms. The predicted molar refractivity (Wildman–Crippen MR) is 83.6 cm³/mol. The van der Waals surface area contributed by atoms with Gasteiger partial charge in [-0.05, 0) is 24.3 Å². The Hall–Kier alpha value is -0.990. The highest BCUT2D eigenvalue weighted by molar-refractivity contribution is 7.93. The molecule has 0 aliphatic heterocycles. The molecule has 0 atom stereocenters. The molecule has 0 unspecified atom stereocenters. The summed E-state index contributed by atoms with van der Waals surface area (Å²) in [6, 6.07) is 4.95. The average molecular weight is 387 g/mol. The fourth-order valence-electron chi connectivity index (χ4n) is 1.49. The van der Waals surface area contributed by atoms with Crippen LogP contribution in [0.1, 0.15) is 10.4 Å². The van der Waals surface area contributed by atoms with Crippen molar-refractivity contribution in [2.75, 3.05) is 4.72 Å². The van der Waals surface area contributed by atoms with E-state index in [1.54, 1.807) is 0 Å². The molecule has 0 fully saturated rings. The maximum absolute atomic E-state index is 12.2. The zero-order valence-corrected chi connectivity index (χ0v) is 13.8. The third-order valence-corrected chi connectivity index (χ3v) is 5.72. The third kappa shape index (κ3) is 3.61. The van der Waals surface area contributed by atoms with E-state index < -0.39 is 16.0 Å². The van der Waals surface area contributed by atoms with Crippen LogP contribution in [0.5, 0.6) is 0 Å². The zero-order chi connectivity index (χ0) is 15.8. The number of carboxylic acids is 1. The molecule has 0 saturated heterocycles. The molecule has 0 aliphatic carbocycles. The number of carboxylic acid groups (broad SMARTS) is 1. The largest absolute Gasteiger partial charge is 0.478 e. The summed E-state index contributed by atoms with van der Waals surface area (Å²) in [5, 5.41) is 9.25. The number of benzene rings is 1. The van der Waals surface area contributed by atoms with Crippen LogP contribution in [0, 0.1) is 0 Å². The van der Waals surface area contributed by atoms with Crippen molar-refractivity contribution in [1.82, 2.24) is 0 Å². The summed E-state index contributed by atoms with van der Waals surface area (Å²) in [5.41, 5.74) is -0.395. The summed E-state index contributed by atoms with van der Waals surface area (Å²) in [7, 11) is -4.05. The highest BCUT2D eigenvalue weighted by Crippen LogP contribution is 2.35. The van der Waals surface area contributed by atoms with Gasteiger partial charge >= 0.3 is 5.97 Å². The number of hydrogen-bond acceptors (Lipinski definition) is 4. The van der Waals surface area contributed by atoms with Gasteiger partial charge in [-0.25, -0.2) is 13.2 Å². The second-order valence-electron chi connectivity index (χ2n) is 3.79. The zero-order valence-electron chi connectivity index (χ0n) is 9.93. The number of sulfonamides is 1. The molecule has 1 aromatic heterocycles. The number of halogens is 3. The second kappa shape index (κ2) is 6.02. The summed E-state index contributed by atoms with van der Waals surface area (Å²) in [4.78, 5) is 10.9. The summed E-state index contributed by atoms with van der Waals surface area (Å²) < 4.78 is 26.8. The van der Waals surface area contributed by atoms with Gasteiger partial charge in [0, 0.05) is 5.02 Å². The van der Waals surface area contributed by atoms with Gasteiger partial charge in [0.15, 0.2) is 0 Å². The van der Waals surface area contributed by atoms with E-state index in [2.05, 4.69) is 4.72 Å². The molecule has 112 valence electrons. The van der Waals surface area contributed by atoms with Crippen molar-refractivity contribution in [3.8, 4) is 0 Å². The van der Waals surface area contributed by atoms with Gasteiger partial charge in [-0.3, -0.25) is 4.72 Å². The lowest BCUT2D eigenvalue weighted by Crippen LogP contribution is -2.15. The summed E-state index contributed by atoms with van der Waals surface area (Å²) in [6.07, 6.45) is 0. The monoisotopic (exact) mass is 385 g/mol. The van der Waals surface area contributed by atoms with E-state index >= 15 is 0 Å². The first-order chi connectivity index (χ1) is 9.70. The number of thiophene rings is 1. The van der Waals surface area contributed by atoms with Crippen molar-refractivity contribution >= 4 is 67.8 Å².